The molecule has 3 rings (SSSR count). The predicted molar refractivity (Wildman–Crippen MR) is 75.3 cm³/mol. The number of imidazole rings is 1. The molecule has 0 aliphatic heterocycles. The average Bonchev–Trinajstić information content (AvgIpc) is 2.74. The van der Waals surface area contributed by atoms with E-state index >= 15 is 0 Å². The number of hydrogen-bond acceptors (Lipinski definition) is 2. The largest absolute Gasteiger partial charge is 0.399 e. The molecule has 2 unspecified atom stereocenters. The highest BCUT2D eigenvalue weighted by Gasteiger charge is 2.22. The minimum Gasteiger partial charge on any atom is -0.399 e. The topological polar surface area (TPSA) is 43.8 Å². The Morgan fingerprint density at radius 1 is 1.33 bits per heavy atom. The van der Waals surface area contributed by atoms with E-state index in [0.717, 1.165) is 29.6 Å². The third-order valence-corrected chi connectivity index (χ3v) is 4.37. The summed E-state index contributed by atoms with van der Waals surface area (Å²) in [7, 11) is 0. The summed E-state index contributed by atoms with van der Waals surface area (Å²) in [6.07, 6.45) is 7.49. The number of rotatable bonds is 2. The Balaban J connectivity index is 1.86. The first-order valence-electron chi connectivity index (χ1n) is 6.94. The molecule has 1 aromatic heterocycles. The van der Waals surface area contributed by atoms with E-state index < -0.39 is 0 Å². The molecular formula is C15H21N3. The summed E-state index contributed by atoms with van der Waals surface area (Å²) in [5, 5.41) is 0. The number of nitrogen functional groups attached to an aromatic ring is 1. The first-order valence-corrected chi connectivity index (χ1v) is 6.94. The van der Waals surface area contributed by atoms with Gasteiger partial charge in [-0.05, 0) is 36.5 Å². The first-order chi connectivity index (χ1) is 8.74. The van der Waals surface area contributed by atoms with Crippen molar-refractivity contribution in [2.24, 2.45) is 11.8 Å². The van der Waals surface area contributed by atoms with Crippen molar-refractivity contribution in [2.45, 2.75) is 39.2 Å². The van der Waals surface area contributed by atoms with Crippen LogP contribution in [0.15, 0.2) is 24.5 Å². The molecule has 3 heteroatoms. The minimum atomic E-state index is 0.791. The second-order valence-corrected chi connectivity index (χ2v) is 5.67. The van der Waals surface area contributed by atoms with Gasteiger partial charge in [-0.25, -0.2) is 4.98 Å². The first kappa shape index (κ1) is 11.6. The van der Waals surface area contributed by atoms with Crippen LogP contribution in [-0.2, 0) is 6.54 Å². The Hall–Kier alpha value is -1.51. The summed E-state index contributed by atoms with van der Waals surface area (Å²) in [5.41, 5.74) is 8.80. The molecule has 1 saturated carbocycles. The van der Waals surface area contributed by atoms with Gasteiger partial charge in [0.15, 0.2) is 0 Å². The van der Waals surface area contributed by atoms with Gasteiger partial charge in [0, 0.05) is 12.2 Å². The molecule has 2 aromatic rings. The van der Waals surface area contributed by atoms with Crippen molar-refractivity contribution in [3.05, 3.63) is 24.5 Å². The molecule has 0 spiro atoms. The Morgan fingerprint density at radius 2 is 2.17 bits per heavy atom. The summed E-state index contributed by atoms with van der Waals surface area (Å²) >= 11 is 0. The number of nitrogens with two attached hydrogens (primary N) is 1. The van der Waals surface area contributed by atoms with Crippen molar-refractivity contribution in [1.29, 1.82) is 0 Å². The molecule has 0 amide bonds. The van der Waals surface area contributed by atoms with Gasteiger partial charge in [-0.2, -0.15) is 0 Å². The van der Waals surface area contributed by atoms with Crippen LogP contribution < -0.4 is 5.73 Å². The van der Waals surface area contributed by atoms with Gasteiger partial charge in [0.25, 0.3) is 0 Å². The van der Waals surface area contributed by atoms with Crippen molar-refractivity contribution in [1.82, 2.24) is 9.55 Å². The van der Waals surface area contributed by atoms with E-state index in [2.05, 4.69) is 22.5 Å². The zero-order chi connectivity index (χ0) is 12.5. The van der Waals surface area contributed by atoms with E-state index in [1.807, 2.05) is 18.5 Å². The maximum atomic E-state index is 5.79. The van der Waals surface area contributed by atoms with Gasteiger partial charge < -0.3 is 10.3 Å². The van der Waals surface area contributed by atoms with Crippen molar-refractivity contribution in [3.63, 3.8) is 0 Å². The summed E-state index contributed by atoms with van der Waals surface area (Å²) < 4.78 is 2.29. The van der Waals surface area contributed by atoms with Crippen LogP contribution in [0.25, 0.3) is 11.0 Å². The molecule has 18 heavy (non-hydrogen) atoms. The fourth-order valence-electron chi connectivity index (χ4n) is 3.14. The van der Waals surface area contributed by atoms with Crippen molar-refractivity contribution >= 4 is 16.7 Å². The quantitative estimate of drug-likeness (QED) is 0.821. The van der Waals surface area contributed by atoms with Crippen molar-refractivity contribution in [3.8, 4) is 0 Å². The fraction of sp³-hybridized carbons (Fsp3) is 0.533. The average molecular weight is 243 g/mol. The SMILES string of the molecule is CC1CCCCC1Cn1cnc2cc(N)ccc21. The summed E-state index contributed by atoms with van der Waals surface area (Å²) in [6.45, 7) is 3.49. The van der Waals surface area contributed by atoms with Crippen LogP contribution in [0.5, 0.6) is 0 Å². The Labute approximate surface area is 108 Å². The molecule has 0 saturated heterocycles. The zero-order valence-corrected chi connectivity index (χ0v) is 11.0. The highest BCUT2D eigenvalue weighted by Crippen LogP contribution is 2.31. The van der Waals surface area contributed by atoms with E-state index in [1.165, 1.54) is 31.2 Å². The second kappa shape index (κ2) is 4.63. The van der Waals surface area contributed by atoms with E-state index in [4.69, 9.17) is 5.73 Å². The number of benzene rings is 1. The van der Waals surface area contributed by atoms with Crippen molar-refractivity contribution < 1.29 is 0 Å². The van der Waals surface area contributed by atoms with Crippen LogP contribution in [0.1, 0.15) is 32.6 Å². The zero-order valence-electron chi connectivity index (χ0n) is 11.0. The van der Waals surface area contributed by atoms with E-state index in [9.17, 15) is 0 Å². The lowest BCUT2D eigenvalue weighted by Crippen LogP contribution is -2.21. The molecule has 3 nitrogen and oxygen atoms in total. The van der Waals surface area contributed by atoms with Crippen LogP contribution in [-0.4, -0.2) is 9.55 Å². The Morgan fingerprint density at radius 3 is 3.00 bits per heavy atom. The molecule has 1 aromatic carbocycles. The van der Waals surface area contributed by atoms with Gasteiger partial charge in [-0.15, -0.1) is 0 Å². The number of nitrogens with zero attached hydrogens (tertiary/aromatic N) is 2. The number of hydrogen-bond donors (Lipinski definition) is 1. The molecule has 0 bridgehead atoms. The normalized spacial score (nSPS) is 24.5. The maximum Gasteiger partial charge on any atom is 0.0958 e. The molecule has 0 radical (unpaired) electrons. The molecule has 1 aliphatic carbocycles. The van der Waals surface area contributed by atoms with Gasteiger partial charge in [-0.1, -0.05) is 26.2 Å². The van der Waals surface area contributed by atoms with E-state index in [1.54, 1.807) is 0 Å². The maximum absolute atomic E-state index is 5.79. The third kappa shape index (κ3) is 2.09. The number of fused-ring (bicyclic) bond motifs is 1. The summed E-state index contributed by atoms with van der Waals surface area (Å²) in [4.78, 5) is 4.45. The van der Waals surface area contributed by atoms with Gasteiger partial charge in [0.1, 0.15) is 0 Å². The van der Waals surface area contributed by atoms with Crippen LogP contribution >= 0.6 is 0 Å². The van der Waals surface area contributed by atoms with Gasteiger partial charge >= 0.3 is 0 Å². The third-order valence-electron chi connectivity index (χ3n) is 4.37. The number of aromatic nitrogens is 2. The monoisotopic (exact) mass is 243 g/mol. The van der Waals surface area contributed by atoms with Crippen LogP contribution in [0.3, 0.4) is 0 Å². The highest BCUT2D eigenvalue weighted by molar-refractivity contribution is 5.78. The Bertz CT molecular complexity index is 544. The highest BCUT2D eigenvalue weighted by atomic mass is 15.0. The van der Waals surface area contributed by atoms with Crippen LogP contribution in [0, 0.1) is 11.8 Å². The molecule has 1 heterocycles. The van der Waals surface area contributed by atoms with Crippen LogP contribution in [0.2, 0.25) is 0 Å². The molecule has 1 aliphatic rings. The standard InChI is InChI=1S/C15H21N3/c1-11-4-2-3-5-12(11)9-18-10-17-14-8-13(16)6-7-15(14)18/h6-8,10-12H,2-5,9,16H2,1H3. The van der Waals surface area contributed by atoms with Crippen LogP contribution in [0.4, 0.5) is 5.69 Å². The predicted octanol–water partition coefficient (Wildman–Crippen LogP) is 3.44. The fourth-order valence-corrected chi connectivity index (χ4v) is 3.14. The lowest BCUT2D eigenvalue weighted by atomic mass is 9.80. The molecule has 2 atom stereocenters. The minimum absolute atomic E-state index is 0.791. The lowest BCUT2D eigenvalue weighted by molar-refractivity contribution is 0.230. The van der Waals surface area contributed by atoms with Gasteiger partial charge in [0.05, 0.1) is 17.4 Å². The second-order valence-electron chi connectivity index (χ2n) is 5.67. The molecule has 2 N–H and O–H groups in total. The van der Waals surface area contributed by atoms with Gasteiger partial charge in [-0.3, -0.25) is 0 Å². The smallest absolute Gasteiger partial charge is 0.0958 e. The van der Waals surface area contributed by atoms with Crippen molar-refractivity contribution in [2.75, 3.05) is 5.73 Å². The summed E-state index contributed by atoms with van der Waals surface area (Å²) in [6, 6.07) is 6.01. The van der Waals surface area contributed by atoms with E-state index in [0.29, 0.717) is 0 Å². The molecular weight excluding hydrogens is 222 g/mol. The molecule has 96 valence electrons. The number of anilines is 1. The molecule has 1 fully saturated rings. The Kier molecular flexibility index (Phi) is 2.98. The van der Waals surface area contributed by atoms with E-state index in [-0.39, 0.29) is 0 Å². The lowest BCUT2D eigenvalue weighted by Gasteiger charge is -2.29. The van der Waals surface area contributed by atoms with Gasteiger partial charge in [0.2, 0.25) is 0 Å². The summed E-state index contributed by atoms with van der Waals surface area (Å²) in [5.74, 6) is 1.64.